The Morgan fingerprint density at radius 3 is 2.20 bits per heavy atom. The van der Waals surface area contributed by atoms with E-state index >= 15 is 0 Å². The molecule has 142 valence electrons. The van der Waals surface area contributed by atoms with E-state index in [-0.39, 0.29) is 36.6 Å². The average Bonchev–Trinajstić information content (AvgIpc) is 2.56. The maximum Gasteiger partial charge on any atom is 0.254 e. The summed E-state index contributed by atoms with van der Waals surface area (Å²) in [5.41, 5.74) is 6.96. The predicted molar refractivity (Wildman–Crippen MR) is 106 cm³/mol. The molecule has 0 atom stereocenters. The molecule has 2 N–H and O–H groups in total. The van der Waals surface area contributed by atoms with Crippen molar-refractivity contribution in [2.75, 3.05) is 51.5 Å². The van der Waals surface area contributed by atoms with Crippen LogP contribution in [0.2, 0.25) is 0 Å². The summed E-state index contributed by atoms with van der Waals surface area (Å²) in [6.45, 7) is 8.61. The number of likely N-dealkylation sites (N-methyl/N-ethyl adjacent to an activating group) is 1. The third kappa shape index (κ3) is 6.38. The zero-order valence-corrected chi connectivity index (χ0v) is 16.4. The second-order valence-corrected chi connectivity index (χ2v) is 5.76. The predicted octanol–water partition coefficient (Wildman–Crippen LogP) is 1.74. The third-order valence-electron chi connectivity index (χ3n) is 4.27. The highest BCUT2D eigenvalue weighted by atomic mass is 35.5. The van der Waals surface area contributed by atoms with Crippen LogP contribution in [0.5, 0.6) is 0 Å². The third-order valence-corrected chi connectivity index (χ3v) is 4.27. The van der Waals surface area contributed by atoms with E-state index in [2.05, 4.69) is 4.90 Å². The summed E-state index contributed by atoms with van der Waals surface area (Å²) < 4.78 is 0. The van der Waals surface area contributed by atoms with E-state index in [1.165, 1.54) is 0 Å². The molecular weight excluding hydrogens is 363 g/mol. The number of anilines is 1. The number of benzene rings is 1. The first-order valence-electron chi connectivity index (χ1n) is 8.20. The largest absolute Gasteiger partial charge is 0.399 e. The number of nitrogens with two attached hydrogens (primary N) is 1. The maximum atomic E-state index is 12.5. The molecule has 0 aliphatic carbocycles. The number of hydrogen-bond donors (Lipinski definition) is 1. The van der Waals surface area contributed by atoms with Crippen molar-refractivity contribution in [1.29, 1.82) is 0 Å². The maximum absolute atomic E-state index is 12.5. The van der Waals surface area contributed by atoms with Gasteiger partial charge >= 0.3 is 0 Å². The summed E-state index contributed by atoms with van der Waals surface area (Å²) in [6.07, 6.45) is 0. The molecule has 2 rings (SSSR count). The minimum Gasteiger partial charge on any atom is -0.399 e. The van der Waals surface area contributed by atoms with Gasteiger partial charge in [0.1, 0.15) is 0 Å². The zero-order chi connectivity index (χ0) is 16.8. The molecule has 25 heavy (non-hydrogen) atoms. The number of nitrogen functional groups attached to an aromatic ring is 1. The van der Waals surface area contributed by atoms with Crippen molar-refractivity contribution in [2.24, 2.45) is 0 Å². The van der Waals surface area contributed by atoms with Crippen molar-refractivity contribution in [3.05, 3.63) is 29.8 Å². The second-order valence-electron chi connectivity index (χ2n) is 5.76. The quantitative estimate of drug-likeness (QED) is 0.777. The lowest BCUT2D eigenvalue weighted by molar-refractivity contribution is -0.132. The lowest BCUT2D eigenvalue weighted by atomic mass is 10.1. The van der Waals surface area contributed by atoms with Crippen LogP contribution in [-0.2, 0) is 4.79 Å². The van der Waals surface area contributed by atoms with Gasteiger partial charge in [-0.1, -0.05) is 6.07 Å². The summed E-state index contributed by atoms with van der Waals surface area (Å²) in [5, 5.41) is 0. The summed E-state index contributed by atoms with van der Waals surface area (Å²) in [6, 6.07) is 7.06. The fourth-order valence-corrected chi connectivity index (χ4v) is 2.83. The minimum atomic E-state index is 0. The van der Waals surface area contributed by atoms with Crippen molar-refractivity contribution in [2.45, 2.75) is 13.8 Å². The Morgan fingerprint density at radius 2 is 1.68 bits per heavy atom. The Hall–Kier alpha value is -1.50. The van der Waals surface area contributed by atoms with Crippen LogP contribution >= 0.6 is 24.8 Å². The van der Waals surface area contributed by atoms with E-state index in [1.807, 2.05) is 23.6 Å². The van der Waals surface area contributed by atoms with Gasteiger partial charge in [0.2, 0.25) is 5.91 Å². The van der Waals surface area contributed by atoms with Crippen molar-refractivity contribution in [3.63, 3.8) is 0 Å². The molecule has 1 heterocycles. The van der Waals surface area contributed by atoms with E-state index in [9.17, 15) is 9.59 Å². The van der Waals surface area contributed by atoms with Gasteiger partial charge in [0.15, 0.2) is 0 Å². The monoisotopic (exact) mass is 390 g/mol. The molecule has 2 amide bonds. The van der Waals surface area contributed by atoms with Gasteiger partial charge in [-0.3, -0.25) is 14.5 Å². The summed E-state index contributed by atoms with van der Waals surface area (Å²) >= 11 is 0. The number of nitrogens with zero attached hydrogens (tertiary/aromatic N) is 3. The first-order valence-corrected chi connectivity index (χ1v) is 8.20. The Labute approximate surface area is 162 Å². The highest BCUT2D eigenvalue weighted by Crippen LogP contribution is 2.12. The van der Waals surface area contributed by atoms with E-state index in [1.54, 1.807) is 24.3 Å². The van der Waals surface area contributed by atoms with Crippen LogP contribution in [-0.4, -0.2) is 72.3 Å². The van der Waals surface area contributed by atoms with E-state index in [4.69, 9.17) is 5.73 Å². The molecule has 0 aromatic heterocycles. The summed E-state index contributed by atoms with van der Waals surface area (Å²) in [5.74, 6) is 0.164. The van der Waals surface area contributed by atoms with Gasteiger partial charge in [-0.2, -0.15) is 0 Å². The number of piperazine rings is 1. The first-order chi connectivity index (χ1) is 11.0. The van der Waals surface area contributed by atoms with Crippen LogP contribution < -0.4 is 5.73 Å². The number of rotatable bonds is 5. The van der Waals surface area contributed by atoms with Crippen LogP contribution in [0, 0.1) is 0 Å². The van der Waals surface area contributed by atoms with Gasteiger partial charge in [-0.25, -0.2) is 0 Å². The molecule has 1 fully saturated rings. The van der Waals surface area contributed by atoms with E-state index in [0.717, 1.165) is 26.2 Å². The number of hydrogen-bond acceptors (Lipinski definition) is 4. The van der Waals surface area contributed by atoms with Crippen LogP contribution in [0.3, 0.4) is 0 Å². The fourth-order valence-electron chi connectivity index (χ4n) is 2.83. The van der Waals surface area contributed by atoms with Gasteiger partial charge in [0, 0.05) is 50.5 Å². The molecule has 1 saturated heterocycles. The second kappa shape index (κ2) is 11.2. The Kier molecular flexibility index (Phi) is 10.5. The highest BCUT2D eigenvalue weighted by molar-refractivity contribution is 5.95. The van der Waals surface area contributed by atoms with Crippen molar-refractivity contribution < 1.29 is 9.59 Å². The van der Waals surface area contributed by atoms with Crippen molar-refractivity contribution >= 4 is 42.3 Å². The van der Waals surface area contributed by atoms with Gasteiger partial charge in [-0.05, 0) is 32.0 Å². The van der Waals surface area contributed by atoms with Crippen molar-refractivity contribution in [1.82, 2.24) is 14.7 Å². The molecule has 0 spiro atoms. The summed E-state index contributed by atoms with van der Waals surface area (Å²) in [7, 11) is 0. The lowest BCUT2D eigenvalue weighted by Gasteiger charge is -2.35. The molecule has 0 radical (unpaired) electrons. The first kappa shape index (κ1) is 23.5. The van der Waals surface area contributed by atoms with E-state index < -0.39 is 0 Å². The molecule has 1 aromatic carbocycles. The number of carbonyl (C=O) groups excluding carboxylic acids is 2. The van der Waals surface area contributed by atoms with E-state index in [0.29, 0.717) is 30.9 Å². The molecule has 1 aliphatic rings. The zero-order valence-electron chi connectivity index (χ0n) is 14.8. The standard InChI is InChI=1S/C17H26N4O2.2ClH/c1-3-20(4-2)16(22)13-19-8-10-21(11-9-19)17(23)14-6-5-7-15(18)12-14;;/h5-7,12H,3-4,8-11,13,18H2,1-2H3;2*1H. The molecule has 0 saturated carbocycles. The number of amides is 2. The topological polar surface area (TPSA) is 69.9 Å². The number of halogens is 2. The molecule has 0 unspecified atom stereocenters. The minimum absolute atomic E-state index is 0. The molecular formula is C17H28Cl2N4O2. The smallest absolute Gasteiger partial charge is 0.254 e. The Bertz CT molecular complexity index is 559. The van der Waals surface area contributed by atoms with Crippen molar-refractivity contribution in [3.8, 4) is 0 Å². The van der Waals surface area contributed by atoms with Gasteiger partial charge in [-0.15, -0.1) is 24.8 Å². The van der Waals surface area contributed by atoms with Crippen LogP contribution in [0.25, 0.3) is 0 Å². The Morgan fingerprint density at radius 1 is 1.08 bits per heavy atom. The van der Waals surface area contributed by atoms with Crippen LogP contribution in [0.1, 0.15) is 24.2 Å². The van der Waals surface area contributed by atoms with Gasteiger partial charge in [0.25, 0.3) is 5.91 Å². The summed E-state index contributed by atoms with van der Waals surface area (Å²) in [4.78, 5) is 30.4. The molecule has 0 bridgehead atoms. The SMILES string of the molecule is CCN(CC)C(=O)CN1CCN(C(=O)c2cccc(N)c2)CC1.Cl.Cl. The van der Waals surface area contributed by atoms with Crippen LogP contribution in [0.15, 0.2) is 24.3 Å². The fraction of sp³-hybridized carbons (Fsp3) is 0.529. The highest BCUT2D eigenvalue weighted by Gasteiger charge is 2.24. The van der Waals surface area contributed by atoms with Gasteiger partial charge in [0.05, 0.1) is 6.54 Å². The normalized spacial score (nSPS) is 14.2. The Balaban J connectivity index is 0.00000288. The molecule has 1 aliphatic heterocycles. The number of carbonyl (C=O) groups is 2. The lowest BCUT2D eigenvalue weighted by Crippen LogP contribution is -2.51. The average molecular weight is 391 g/mol. The van der Waals surface area contributed by atoms with Crippen LogP contribution in [0.4, 0.5) is 5.69 Å². The van der Waals surface area contributed by atoms with Gasteiger partial charge < -0.3 is 15.5 Å². The molecule has 1 aromatic rings. The molecule has 8 heteroatoms. The molecule has 6 nitrogen and oxygen atoms in total.